The molecule has 0 aliphatic heterocycles. The second kappa shape index (κ2) is 5.13. The first kappa shape index (κ1) is 12.5. The molecule has 2 heteroatoms. The topological polar surface area (TPSA) is 17.1 Å². The van der Waals surface area contributed by atoms with Crippen LogP contribution in [0.1, 0.15) is 29.3 Å². The number of halogens is 1. The standard InChI is InChI=1S/C16H15FO/c1-3-16(18)13-7-4-6-12(10-13)14-8-5-9-15(17)11(14)2/h4-10H,3H2,1-2H3. The highest BCUT2D eigenvalue weighted by Crippen LogP contribution is 2.26. The van der Waals surface area contributed by atoms with Gasteiger partial charge < -0.3 is 0 Å². The number of carbonyl (C=O) groups excluding carboxylic acids is 1. The van der Waals surface area contributed by atoms with E-state index in [2.05, 4.69) is 0 Å². The second-order valence-corrected chi connectivity index (χ2v) is 4.27. The number of ketones is 1. The maximum Gasteiger partial charge on any atom is 0.162 e. The van der Waals surface area contributed by atoms with Gasteiger partial charge in [0.15, 0.2) is 5.78 Å². The average molecular weight is 242 g/mol. The van der Waals surface area contributed by atoms with Crippen LogP contribution in [0.3, 0.4) is 0 Å². The molecule has 0 unspecified atom stereocenters. The van der Waals surface area contributed by atoms with Gasteiger partial charge in [0.05, 0.1) is 0 Å². The van der Waals surface area contributed by atoms with E-state index in [-0.39, 0.29) is 11.6 Å². The predicted molar refractivity (Wildman–Crippen MR) is 71.2 cm³/mol. The Morgan fingerprint density at radius 1 is 1.17 bits per heavy atom. The van der Waals surface area contributed by atoms with Gasteiger partial charge in [-0.25, -0.2) is 4.39 Å². The fourth-order valence-electron chi connectivity index (χ4n) is 1.98. The van der Waals surface area contributed by atoms with Gasteiger partial charge in [-0.1, -0.05) is 37.3 Å². The molecule has 0 saturated heterocycles. The molecule has 92 valence electrons. The summed E-state index contributed by atoms with van der Waals surface area (Å²) in [6.07, 6.45) is 0.478. The number of benzene rings is 2. The summed E-state index contributed by atoms with van der Waals surface area (Å²) in [7, 11) is 0. The molecule has 0 fully saturated rings. The molecule has 0 aliphatic rings. The van der Waals surface area contributed by atoms with E-state index in [1.807, 2.05) is 31.2 Å². The summed E-state index contributed by atoms with van der Waals surface area (Å²) in [5.74, 6) is -0.120. The lowest BCUT2D eigenvalue weighted by Crippen LogP contribution is -1.97. The third kappa shape index (κ3) is 2.33. The molecule has 0 heterocycles. The molecule has 0 radical (unpaired) electrons. The first-order chi connectivity index (χ1) is 8.63. The molecule has 0 N–H and O–H groups in total. The summed E-state index contributed by atoms with van der Waals surface area (Å²) < 4.78 is 13.5. The summed E-state index contributed by atoms with van der Waals surface area (Å²) in [6.45, 7) is 3.58. The smallest absolute Gasteiger partial charge is 0.162 e. The van der Waals surface area contributed by atoms with Crippen LogP contribution in [0, 0.1) is 12.7 Å². The lowest BCUT2D eigenvalue weighted by atomic mass is 9.97. The molecular formula is C16H15FO. The number of Topliss-reactive ketones (excluding diaryl/α,β-unsaturated/α-hetero) is 1. The monoisotopic (exact) mass is 242 g/mol. The molecule has 0 bridgehead atoms. The summed E-state index contributed by atoms with van der Waals surface area (Å²) >= 11 is 0. The normalized spacial score (nSPS) is 10.4. The average Bonchev–Trinajstić information content (AvgIpc) is 2.41. The van der Waals surface area contributed by atoms with Crippen molar-refractivity contribution in [3.8, 4) is 11.1 Å². The highest BCUT2D eigenvalue weighted by molar-refractivity contribution is 5.97. The van der Waals surface area contributed by atoms with E-state index >= 15 is 0 Å². The zero-order valence-electron chi connectivity index (χ0n) is 10.5. The molecule has 2 rings (SSSR count). The summed E-state index contributed by atoms with van der Waals surface area (Å²) in [5.41, 5.74) is 3.00. The van der Waals surface area contributed by atoms with Gasteiger partial charge in [0.25, 0.3) is 0 Å². The SMILES string of the molecule is CCC(=O)c1cccc(-c2cccc(F)c2C)c1. The Morgan fingerprint density at radius 3 is 2.61 bits per heavy atom. The minimum atomic E-state index is -0.222. The van der Waals surface area contributed by atoms with Crippen molar-refractivity contribution in [2.75, 3.05) is 0 Å². The van der Waals surface area contributed by atoms with Crippen molar-refractivity contribution in [2.24, 2.45) is 0 Å². The van der Waals surface area contributed by atoms with Crippen LogP contribution in [-0.2, 0) is 0 Å². The Bertz CT molecular complexity index is 587. The maximum absolute atomic E-state index is 13.5. The number of rotatable bonds is 3. The molecule has 1 nitrogen and oxygen atoms in total. The van der Waals surface area contributed by atoms with E-state index < -0.39 is 0 Å². The molecule has 0 aliphatic carbocycles. The fourth-order valence-corrected chi connectivity index (χ4v) is 1.98. The molecule has 0 saturated carbocycles. The Morgan fingerprint density at radius 2 is 1.89 bits per heavy atom. The van der Waals surface area contributed by atoms with Gasteiger partial charge in [-0.3, -0.25) is 4.79 Å². The molecule has 18 heavy (non-hydrogen) atoms. The van der Waals surface area contributed by atoms with Gasteiger partial charge in [-0.05, 0) is 35.7 Å². The number of hydrogen-bond donors (Lipinski definition) is 0. The molecule has 0 spiro atoms. The van der Waals surface area contributed by atoms with Crippen LogP contribution in [0.15, 0.2) is 42.5 Å². The van der Waals surface area contributed by atoms with Crippen LogP contribution < -0.4 is 0 Å². The minimum Gasteiger partial charge on any atom is -0.294 e. The van der Waals surface area contributed by atoms with Gasteiger partial charge in [0, 0.05) is 12.0 Å². The summed E-state index contributed by atoms with van der Waals surface area (Å²) in [6, 6.07) is 12.4. The number of carbonyl (C=O) groups is 1. The molecule has 0 aromatic heterocycles. The first-order valence-corrected chi connectivity index (χ1v) is 6.02. The van der Waals surface area contributed by atoms with Gasteiger partial charge in [-0.2, -0.15) is 0 Å². The van der Waals surface area contributed by atoms with Gasteiger partial charge in [-0.15, -0.1) is 0 Å². The van der Waals surface area contributed by atoms with E-state index in [1.54, 1.807) is 19.1 Å². The highest BCUT2D eigenvalue weighted by atomic mass is 19.1. The van der Waals surface area contributed by atoms with Gasteiger partial charge in [0.1, 0.15) is 5.82 Å². The van der Waals surface area contributed by atoms with Crippen molar-refractivity contribution in [3.63, 3.8) is 0 Å². The van der Waals surface area contributed by atoms with Crippen molar-refractivity contribution in [1.82, 2.24) is 0 Å². The van der Waals surface area contributed by atoms with E-state index in [0.717, 1.165) is 11.1 Å². The molecule has 2 aromatic carbocycles. The largest absolute Gasteiger partial charge is 0.294 e. The van der Waals surface area contributed by atoms with Gasteiger partial charge >= 0.3 is 0 Å². The molecule has 0 atom stereocenters. The lowest BCUT2D eigenvalue weighted by molar-refractivity contribution is 0.0988. The van der Waals surface area contributed by atoms with Crippen molar-refractivity contribution < 1.29 is 9.18 Å². The van der Waals surface area contributed by atoms with Crippen molar-refractivity contribution in [1.29, 1.82) is 0 Å². The van der Waals surface area contributed by atoms with Gasteiger partial charge in [0.2, 0.25) is 0 Å². The fraction of sp³-hybridized carbons (Fsp3) is 0.188. The Hall–Kier alpha value is -1.96. The van der Waals surface area contributed by atoms with E-state index in [4.69, 9.17) is 0 Å². The van der Waals surface area contributed by atoms with E-state index in [1.165, 1.54) is 6.07 Å². The van der Waals surface area contributed by atoms with Crippen LogP contribution in [0.4, 0.5) is 4.39 Å². The summed E-state index contributed by atoms with van der Waals surface area (Å²) in [5, 5.41) is 0. The van der Waals surface area contributed by atoms with Crippen LogP contribution in [0.5, 0.6) is 0 Å². The van der Waals surface area contributed by atoms with Crippen LogP contribution in [0.2, 0.25) is 0 Å². The number of hydrogen-bond acceptors (Lipinski definition) is 1. The van der Waals surface area contributed by atoms with Crippen molar-refractivity contribution in [3.05, 3.63) is 59.4 Å². The highest BCUT2D eigenvalue weighted by Gasteiger charge is 2.08. The van der Waals surface area contributed by atoms with Crippen molar-refractivity contribution in [2.45, 2.75) is 20.3 Å². The van der Waals surface area contributed by atoms with Crippen LogP contribution in [-0.4, -0.2) is 5.78 Å². The lowest BCUT2D eigenvalue weighted by Gasteiger charge is -2.08. The third-order valence-electron chi connectivity index (χ3n) is 3.08. The van der Waals surface area contributed by atoms with Crippen LogP contribution in [0.25, 0.3) is 11.1 Å². The Labute approximate surface area is 106 Å². The van der Waals surface area contributed by atoms with E-state index in [0.29, 0.717) is 17.5 Å². The Kier molecular flexibility index (Phi) is 3.56. The van der Waals surface area contributed by atoms with E-state index in [9.17, 15) is 9.18 Å². The summed E-state index contributed by atoms with van der Waals surface area (Å²) in [4.78, 5) is 11.7. The molecular weight excluding hydrogens is 227 g/mol. The molecule has 0 amide bonds. The zero-order chi connectivity index (χ0) is 13.1. The van der Waals surface area contributed by atoms with Crippen molar-refractivity contribution >= 4 is 5.78 Å². The molecule has 2 aromatic rings. The van der Waals surface area contributed by atoms with Crippen LogP contribution >= 0.6 is 0 Å². The zero-order valence-corrected chi connectivity index (χ0v) is 10.5. The second-order valence-electron chi connectivity index (χ2n) is 4.27. The quantitative estimate of drug-likeness (QED) is 0.729. The minimum absolute atomic E-state index is 0.103. The first-order valence-electron chi connectivity index (χ1n) is 6.02. The Balaban J connectivity index is 2.51. The third-order valence-corrected chi connectivity index (χ3v) is 3.08. The maximum atomic E-state index is 13.5. The predicted octanol–water partition coefficient (Wildman–Crippen LogP) is 4.39.